The molecule has 0 N–H and O–H groups in total. The zero-order chi connectivity index (χ0) is 73.5. The Labute approximate surface area is 551 Å². The zero-order valence-corrected chi connectivity index (χ0v) is 59.3. The van der Waals surface area contributed by atoms with Gasteiger partial charge in [-0.1, -0.05) is 165 Å². The van der Waals surface area contributed by atoms with E-state index in [1.807, 2.05) is 54.4 Å². The highest BCUT2D eigenvalue weighted by Gasteiger charge is 2.27. The fourth-order valence-corrected chi connectivity index (χ4v) is 13.8. The minimum atomic E-state index is -2.11. The first-order chi connectivity index (χ1) is 44.8. The zero-order valence-electron chi connectivity index (χ0n) is 68.3. The SMILES string of the molecule is Cc1ccc(-c2ccc(C(C(C)C)C(C)C)c[n+]2C)c(C)c1.[2H]C([2H])([2H])c1c[n+](C)c(-c2ccc(C([2H])(C(C)C)C(C)C)cc2C)cc1C.[2H]C([2H])([2H])c1ccc(-c2ccc(C([2H])(C(C)C)C(C)C)cc2C)[n+](C)c1.[2H]C(c1ccc(-c2cccc[n+]2C)c(C)c1)(C(C)C)C(C)C. The van der Waals surface area contributed by atoms with E-state index in [9.17, 15) is 0 Å². The van der Waals surface area contributed by atoms with Gasteiger partial charge in [-0.05, 0) is 213 Å². The standard InChI is InChI=1S/C22H32N.2C21H30N.C20H28N/c1-14(2)22(15(3)4)19-9-10-20(17(6)11-19)21-12-16(5)18(7)13-23(21)8;1-14(2)21(15(3)4)18-9-10-19(17(6)12-18)20-11-8-16(5)13-22(20)7;1-14(2)21(15(3)4)18-9-11-20(22(7)13-18)19-10-8-16(5)12-17(19)6;1-14(2)20(15(3)4)17-10-11-18(16(5)13-17)19-9-7-8-12-21(19)6/h9-15,22H,1-8H3;2*8-15,21H,1-7H3;7-15,20H,1-6H3/q4*+1/i7D3,22D;5D3,21D;;20D. The number of hydrogen-bond donors (Lipinski definition) is 0. The number of benzene rings is 4. The third kappa shape index (κ3) is 18.5. The van der Waals surface area contributed by atoms with E-state index >= 15 is 0 Å². The summed E-state index contributed by atoms with van der Waals surface area (Å²) >= 11 is 0. The van der Waals surface area contributed by atoms with E-state index in [1.54, 1.807) is 18.5 Å². The molecule has 4 heteroatoms. The molecule has 8 rings (SSSR count). The normalized spacial score (nSPS) is 13.9. The van der Waals surface area contributed by atoms with Crippen molar-refractivity contribution in [2.24, 2.45) is 75.5 Å². The molecule has 0 atom stereocenters. The van der Waals surface area contributed by atoms with Crippen LogP contribution >= 0.6 is 0 Å². The molecule has 0 aliphatic rings. The van der Waals surface area contributed by atoms with Gasteiger partial charge in [0.15, 0.2) is 24.8 Å². The van der Waals surface area contributed by atoms with Crippen molar-refractivity contribution in [1.29, 1.82) is 0 Å². The number of hydrogen-bond acceptors (Lipinski definition) is 0. The Balaban J connectivity index is 0.000000235. The summed E-state index contributed by atoms with van der Waals surface area (Å²) < 4.78 is 81.0. The lowest BCUT2D eigenvalue weighted by molar-refractivity contribution is -0.661. The first kappa shape index (κ1) is 59.1. The van der Waals surface area contributed by atoms with Crippen LogP contribution in [-0.4, -0.2) is 0 Å². The van der Waals surface area contributed by atoms with Crippen LogP contribution in [0.2, 0.25) is 0 Å². The van der Waals surface area contributed by atoms with Gasteiger partial charge in [0.25, 0.3) is 0 Å². The van der Waals surface area contributed by atoms with Gasteiger partial charge < -0.3 is 0 Å². The van der Waals surface area contributed by atoms with E-state index in [1.165, 1.54) is 44.8 Å². The highest BCUT2D eigenvalue weighted by atomic mass is 14.9. The Morgan fingerprint density at radius 1 is 0.295 bits per heavy atom. The van der Waals surface area contributed by atoms with Crippen LogP contribution in [0.25, 0.3) is 45.0 Å². The summed E-state index contributed by atoms with van der Waals surface area (Å²) in [6.45, 7) is 42.9. The molecule has 4 nitrogen and oxygen atoms in total. The van der Waals surface area contributed by atoms with Crippen molar-refractivity contribution >= 4 is 0 Å². The molecule has 4 heterocycles. The molecule has 0 saturated heterocycles. The summed E-state index contributed by atoms with van der Waals surface area (Å²) in [5, 5.41) is 0. The summed E-state index contributed by atoms with van der Waals surface area (Å²) in [6, 6.07) is 42.0. The summed E-state index contributed by atoms with van der Waals surface area (Å²) in [4.78, 5) is 0. The maximum absolute atomic E-state index is 9.05. The molecule has 8 aromatic rings. The van der Waals surface area contributed by atoms with Gasteiger partial charge in [-0.2, -0.15) is 0 Å². The van der Waals surface area contributed by atoms with E-state index < -0.39 is 31.4 Å². The minimum absolute atomic E-state index is 0.208. The molecule has 0 amide bonds. The molecule has 4 aromatic heterocycles. The first-order valence-corrected chi connectivity index (χ1v) is 32.6. The molecule has 0 aliphatic heterocycles. The third-order valence-corrected chi connectivity index (χ3v) is 17.5. The van der Waals surface area contributed by atoms with Crippen LogP contribution in [0.1, 0.15) is 213 Å². The van der Waals surface area contributed by atoms with Crippen molar-refractivity contribution in [1.82, 2.24) is 0 Å². The van der Waals surface area contributed by atoms with E-state index in [0.717, 1.165) is 55.9 Å². The minimum Gasteiger partial charge on any atom is -0.201 e. The largest absolute Gasteiger partial charge is 0.212 e. The van der Waals surface area contributed by atoms with Gasteiger partial charge in [0.05, 0.1) is 0 Å². The average Bonchev–Trinajstić information content (AvgIpc) is 0.788. The van der Waals surface area contributed by atoms with Gasteiger partial charge >= 0.3 is 0 Å². The second kappa shape index (κ2) is 32.3. The van der Waals surface area contributed by atoms with Crippen LogP contribution in [0.4, 0.5) is 0 Å². The van der Waals surface area contributed by atoms with Crippen LogP contribution in [-0.2, 0) is 28.2 Å². The number of aromatic nitrogens is 4. The van der Waals surface area contributed by atoms with Crippen molar-refractivity contribution in [2.75, 3.05) is 0 Å². The lowest BCUT2D eigenvalue weighted by Gasteiger charge is -2.26. The predicted molar refractivity (Wildman–Crippen MR) is 380 cm³/mol. The summed E-state index contributed by atoms with van der Waals surface area (Å²) in [7, 11) is 7.98. The van der Waals surface area contributed by atoms with Crippen LogP contribution in [0.15, 0.2) is 146 Å². The van der Waals surface area contributed by atoms with Crippen LogP contribution in [0.5, 0.6) is 0 Å². The fraction of sp³-hybridized carbons (Fsp3) is 0.476. The summed E-state index contributed by atoms with van der Waals surface area (Å²) in [5.74, 6) is 1.53. The smallest absolute Gasteiger partial charge is 0.201 e. The summed E-state index contributed by atoms with van der Waals surface area (Å²) in [6.07, 6.45) is 7.77. The van der Waals surface area contributed by atoms with Gasteiger partial charge in [0.1, 0.15) is 28.2 Å². The number of pyridine rings is 4. The molecule has 0 spiro atoms. The van der Waals surface area contributed by atoms with E-state index in [4.69, 9.17) is 12.3 Å². The first-order valence-electron chi connectivity index (χ1n) is 37.1. The molecular formula is C84H120N4+4. The van der Waals surface area contributed by atoms with Crippen molar-refractivity contribution in [3.8, 4) is 45.0 Å². The lowest BCUT2D eigenvalue weighted by Crippen LogP contribution is -2.32. The fourth-order valence-electron chi connectivity index (χ4n) is 13.8. The van der Waals surface area contributed by atoms with Crippen LogP contribution < -0.4 is 18.3 Å². The quantitative estimate of drug-likeness (QED) is 0.0857. The van der Waals surface area contributed by atoms with E-state index in [2.05, 4.69) is 272 Å². The van der Waals surface area contributed by atoms with Gasteiger partial charge in [0, 0.05) is 81.6 Å². The van der Waals surface area contributed by atoms with Crippen LogP contribution in [0.3, 0.4) is 0 Å². The van der Waals surface area contributed by atoms with E-state index in [-0.39, 0.29) is 35.5 Å². The Morgan fingerprint density at radius 2 is 0.659 bits per heavy atom. The Kier molecular flexibility index (Phi) is 21.7. The second-order valence-electron chi connectivity index (χ2n) is 27.7. The molecule has 0 fully saturated rings. The Morgan fingerprint density at radius 3 is 1.02 bits per heavy atom. The van der Waals surface area contributed by atoms with Crippen molar-refractivity contribution in [2.45, 2.75) is 190 Å². The van der Waals surface area contributed by atoms with Gasteiger partial charge in [-0.3, -0.25) is 0 Å². The lowest BCUT2D eigenvalue weighted by atomic mass is 9.79. The topological polar surface area (TPSA) is 15.5 Å². The third-order valence-electron chi connectivity index (χ3n) is 17.5. The Bertz CT molecular complexity index is 3930. The van der Waals surface area contributed by atoms with Crippen molar-refractivity contribution in [3.63, 3.8) is 0 Å². The number of rotatable bonds is 16. The molecule has 88 heavy (non-hydrogen) atoms. The number of aryl methyl sites for hydroxylation is 12. The second-order valence-corrected chi connectivity index (χ2v) is 27.7. The van der Waals surface area contributed by atoms with Crippen LogP contribution in [0, 0.1) is 103 Å². The monoisotopic (exact) mass is 1190 g/mol. The van der Waals surface area contributed by atoms with Gasteiger partial charge in [-0.15, -0.1) is 0 Å². The predicted octanol–water partition coefficient (Wildman–Crippen LogP) is 20.8. The Hall–Kier alpha value is -6.52. The highest BCUT2D eigenvalue weighted by Crippen LogP contribution is 2.38. The van der Waals surface area contributed by atoms with E-state index in [0.29, 0.717) is 28.9 Å². The molecule has 0 radical (unpaired) electrons. The molecule has 4 aromatic carbocycles. The van der Waals surface area contributed by atoms with Crippen molar-refractivity contribution < 1.29 is 30.6 Å². The maximum Gasteiger partial charge on any atom is 0.212 e. The molecule has 0 bridgehead atoms. The van der Waals surface area contributed by atoms with Gasteiger partial charge in [0.2, 0.25) is 22.8 Å². The molecule has 472 valence electrons. The molecule has 0 aliphatic carbocycles. The molecule has 0 unspecified atom stereocenters. The number of nitrogens with zero attached hydrogens (tertiary/aromatic N) is 4. The van der Waals surface area contributed by atoms with Crippen molar-refractivity contribution in [3.05, 3.63) is 213 Å². The molecular weight excluding hydrogens is 1060 g/mol. The average molecular weight is 1190 g/mol. The maximum atomic E-state index is 9.05. The molecule has 0 saturated carbocycles. The van der Waals surface area contributed by atoms with Gasteiger partial charge in [-0.25, -0.2) is 18.3 Å². The summed E-state index contributed by atoms with van der Waals surface area (Å²) in [5.41, 5.74) is 21.3. The highest BCUT2D eigenvalue weighted by molar-refractivity contribution is 5.65.